The zero-order chi connectivity index (χ0) is 11.8. The summed E-state index contributed by atoms with van der Waals surface area (Å²) < 4.78 is 2.20. The van der Waals surface area contributed by atoms with Crippen LogP contribution in [0.4, 0.5) is 4.79 Å². The first-order valence-corrected chi connectivity index (χ1v) is 6.30. The standard InChI is InChI=1S/C12H18N4O/c1-9(16-5-4-14-12(16)17)7-15-8-13-6-11(15)10-2-3-10/h6,8-10H,2-5,7H2,1H3,(H,14,17)/t9-/m1/s1. The van der Waals surface area contributed by atoms with E-state index in [0.29, 0.717) is 5.92 Å². The van der Waals surface area contributed by atoms with Crippen LogP contribution in [0.5, 0.6) is 0 Å². The summed E-state index contributed by atoms with van der Waals surface area (Å²) in [6.45, 7) is 4.52. The van der Waals surface area contributed by atoms with E-state index in [4.69, 9.17) is 0 Å². The number of rotatable bonds is 4. The Morgan fingerprint density at radius 1 is 1.59 bits per heavy atom. The molecule has 1 saturated carbocycles. The molecule has 17 heavy (non-hydrogen) atoms. The first-order chi connectivity index (χ1) is 8.25. The minimum Gasteiger partial charge on any atom is -0.336 e. The van der Waals surface area contributed by atoms with Gasteiger partial charge in [0.1, 0.15) is 0 Å². The normalized spacial score (nSPS) is 21.7. The predicted molar refractivity (Wildman–Crippen MR) is 63.8 cm³/mol. The van der Waals surface area contributed by atoms with Gasteiger partial charge in [0.05, 0.1) is 6.33 Å². The molecule has 1 aromatic rings. The van der Waals surface area contributed by atoms with Gasteiger partial charge in [-0.05, 0) is 19.8 Å². The van der Waals surface area contributed by atoms with Crippen molar-refractivity contribution in [3.63, 3.8) is 0 Å². The van der Waals surface area contributed by atoms with Crippen molar-refractivity contribution in [1.82, 2.24) is 19.8 Å². The van der Waals surface area contributed by atoms with Crippen molar-refractivity contribution < 1.29 is 4.79 Å². The molecule has 2 heterocycles. The van der Waals surface area contributed by atoms with Crippen LogP contribution in [0.3, 0.4) is 0 Å². The molecule has 2 aliphatic rings. The van der Waals surface area contributed by atoms with Crippen molar-refractivity contribution in [1.29, 1.82) is 0 Å². The van der Waals surface area contributed by atoms with Crippen LogP contribution >= 0.6 is 0 Å². The molecular formula is C12H18N4O. The molecule has 0 spiro atoms. The summed E-state index contributed by atoms with van der Waals surface area (Å²) in [6.07, 6.45) is 6.42. The Labute approximate surface area is 101 Å². The summed E-state index contributed by atoms with van der Waals surface area (Å²) >= 11 is 0. The van der Waals surface area contributed by atoms with Crippen LogP contribution < -0.4 is 5.32 Å². The second-order valence-electron chi connectivity index (χ2n) is 5.02. The Morgan fingerprint density at radius 2 is 2.41 bits per heavy atom. The molecule has 0 aromatic carbocycles. The number of urea groups is 1. The minimum atomic E-state index is 0.0607. The molecule has 92 valence electrons. The summed E-state index contributed by atoms with van der Waals surface area (Å²) in [4.78, 5) is 17.7. The van der Waals surface area contributed by atoms with E-state index in [0.717, 1.165) is 19.6 Å². The van der Waals surface area contributed by atoms with Crippen LogP contribution in [-0.2, 0) is 6.54 Å². The maximum Gasteiger partial charge on any atom is 0.317 e. The molecule has 0 unspecified atom stereocenters. The predicted octanol–water partition coefficient (Wildman–Crippen LogP) is 1.17. The largest absolute Gasteiger partial charge is 0.336 e. The molecule has 2 fully saturated rings. The topological polar surface area (TPSA) is 50.2 Å². The fraction of sp³-hybridized carbons (Fsp3) is 0.667. The van der Waals surface area contributed by atoms with Gasteiger partial charge in [0.25, 0.3) is 0 Å². The average Bonchev–Trinajstić information content (AvgIpc) is 2.89. The minimum absolute atomic E-state index is 0.0607. The van der Waals surface area contributed by atoms with Crippen molar-refractivity contribution in [3.05, 3.63) is 18.2 Å². The number of nitrogens with zero attached hydrogens (tertiary/aromatic N) is 3. The van der Waals surface area contributed by atoms with Gasteiger partial charge in [-0.2, -0.15) is 0 Å². The van der Waals surface area contributed by atoms with Gasteiger partial charge < -0.3 is 14.8 Å². The molecule has 1 aliphatic heterocycles. The molecule has 5 nitrogen and oxygen atoms in total. The lowest BCUT2D eigenvalue weighted by atomic mass is 10.2. The van der Waals surface area contributed by atoms with Gasteiger partial charge in [-0.25, -0.2) is 9.78 Å². The quantitative estimate of drug-likeness (QED) is 0.850. The number of carbonyl (C=O) groups is 1. The van der Waals surface area contributed by atoms with Gasteiger partial charge in [0.15, 0.2) is 0 Å². The van der Waals surface area contributed by atoms with E-state index in [-0.39, 0.29) is 12.1 Å². The van der Waals surface area contributed by atoms with Gasteiger partial charge in [0.2, 0.25) is 0 Å². The molecule has 2 amide bonds. The third-order valence-electron chi connectivity index (χ3n) is 3.62. The smallest absolute Gasteiger partial charge is 0.317 e. The average molecular weight is 234 g/mol. The summed E-state index contributed by atoms with van der Waals surface area (Å²) in [7, 11) is 0. The molecule has 1 aliphatic carbocycles. The number of aromatic nitrogens is 2. The van der Waals surface area contributed by atoms with E-state index in [1.807, 2.05) is 17.4 Å². The van der Waals surface area contributed by atoms with Crippen molar-refractivity contribution >= 4 is 6.03 Å². The number of hydrogen-bond acceptors (Lipinski definition) is 2. The van der Waals surface area contributed by atoms with Gasteiger partial charge in [-0.15, -0.1) is 0 Å². The number of carbonyl (C=O) groups excluding carboxylic acids is 1. The van der Waals surface area contributed by atoms with E-state index in [1.54, 1.807) is 0 Å². The lowest BCUT2D eigenvalue weighted by Gasteiger charge is -2.24. The highest BCUT2D eigenvalue weighted by molar-refractivity contribution is 5.76. The second kappa shape index (κ2) is 4.05. The molecule has 0 bridgehead atoms. The molecule has 1 aromatic heterocycles. The number of hydrogen-bond donors (Lipinski definition) is 1. The highest BCUT2D eigenvalue weighted by Gasteiger charge is 2.29. The van der Waals surface area contributed by atoms with E-state index in [2.05, 4.69) is 21.8 Å². The summed E-state index contributed by atoms with van der Waals surface area (Å²) in [5.41, 5.74) is 1.33. The van der Waals surface area contributed by atoms with Crippen molar-refractivity contribution in [2.24, 2.45) is 0 Å². The summed E-state index contributed by atoms with van der Waals surface area (Å²) in [5.74, 6) is 0.706. The molecule has 0 radical (unpaired) electrons. The Kier molecular flexibility index (Phi) is 2.53. The first kappa shape index (κ1) is 10.6. The highest BCUT2D eigenvalue weighted by atomic mass is 16.2. The van der Waals surface area contributed by atoms with Gasteiger partial charge >= 0.3 is 6.03 Å². The highest BCUT2D eigenvalue weighted by Crippen LogP contribution is 2.39. The molecular weight excluding hydrogens is 216 g/mol. The van der Waals surface area contributed by atoms with Gasteiger partial charge in [0, 0.05) is 43.5 Å². The third-order valence-corrected chi connectivity index (χ3v) is 3.62. The Balaban J connectivity index is 1.69. The zero-order valence-electron chi connectivity index (χ0n) is 10.1. The van der Waals surface area contributed by atoms with E-state index in [9.17, 15) is 4.79 Å². The van der Waals surface area contributed by atoms with Crippen LogP contribution in [0.15, 0.2) is 12.5 Å². The maximum absolute atomic E-state index is 11.6. The third kappa shape index (κ3) is 2.01. The molecule has 1 N–H and O–H groups in total. The molecule has 1 saturated heterocycles. The number of nitrogens with one attached hydrogen (secondary N) is 1. The fourth-order valence-electron chi connectivity index (χ4n) is 2.49. The van der Waals surface area contributed by atoms with Crippen LogP contribution in [0.25, 0.3) is 0 Å². The lowest BCUT2D eigenvalue weighted by Crippen LogP contribution is -2.38. The van der Waals surface area contributed by atoms with E-state index < -0.39 is 0 Å². The molecule has 3 rings (SSSR count). The van der Waals surface area contributed by atoms with Gasteiger partial charge in [-0.3, -0.25) is 0 Å². The van der Waals surface area contributed by atoms with Crippen LogP contribution in [0.1, 0.15) is 31.4 Å². The van der Waals surface area contributed by atoms with Crippen molar-refractivity contribution in [2.75, 3.05) is 13.1 Å². The zero-order valence-corrected chi connectivity index (χ0v) is 10.1. The number of imidazole rings is 1. The second-order valence-corrected chi connectivity index (χ2v) is 5.02. The van der Waals surface area contributed by atoms with Crippen molar-refractivity contribution in [3.8, 4) is 0 Å². The monoisotopic (exact) mass is 234 g/mol. The van der Waals surface area contributed by atoms with Gasteiger partial charge in [-0.1, -0.05) is 0 Å². The summed E-state index contributed by atoms with van der Waals surface area (Å²) in [6, 6.07) is 0.287. The molecule has 1 atom stereocenters. The first-order valence-electron chi connectivity index (χ1n) is 6.30. The number of amides is 2. The maximum atomic E-state index is 11.6. The Hall–Kier alpha value is -1.52. The van der Waals surface area contributed by atoms with E-state index >= 15 is 0 Å². The van der Waals surface area contributed by atoms with Crippen LogP contribution in [0, 0.1) is 0 Å². The summed E-state index contributed by atoms with van der Waals surface area (Å²) in [5, 5.41) is 2.84. The Morgan fingerprint density at radius 3 is 3.06 bits per heavy atom. The fourth-order valence-corrected chi connectivity index (χ4v) is 2.49. The lowest BCUT2D eigenvalue weighted by molar-refractivity contribution is 0.196. The van der Waals surface area contributed by atoms with Crippen LogP contribution in [0.2, 0.25) is 0 Å². The molecule has 5 heteroatoms. The van der Waals surface area contributed by atoms with Crippen LogP contribution in [-0.4, -0.2) is 39.6 Å². The van der Waals surface area contributed by atoms with E-state index in [1.165, 1.54) is 18.5 Å². The SMILES string of the molecule is C[C@H](Cn1cncc1C1CC1)N1CCNC1=O. The Bertz CT molecular complexity index is 424. The van der Waals surface area contributed by atoms with Crippen molar-refractivity contribution in [2.45, 2.75) is 38.3 Å².